The molecule has 1 aromatic heterocycles. The van der Waals surface area contributed by atoms with Crippen LogP contribution in [0.1, 0.15) is 22.9 Å². The van der Waals surface area contributed by atoms with Gasteiger partial charge in [-0.15, -0.1) is 21.5 Å². The van der Waals surface area contributed by atoms with Gasteiger partial charge in [-0.25, -0.2) is 0 Å². The number of rotatable bonds is 3. The highest BCUT2D eigenvalue weighted by molar-refractivity contribution is 7.11. The van der Waals surface area contributed by atoms with Crippen LogP contribution in [0.4, 0.5) is 0 Å². The summed E-state index contributed by atoms with van der Waals surface area (Å²) in [4.78, 5) is 0. The first kappa shape index (κ1) is 10.0. The predicted molar refractivity (Wildman–Crippen MR) is 53.3 cm³/mol. The summed E-state index contributed by atoms with van der Waals surface area (Å²) in [7, 11) is 0. The molecule has 0 saturated carbocycles. The molecular formula is C9H14N2O2S. The average molecular weight is 214 g/mol. The molecule has 0 aliphatic carbocycles. The van der Waals surface area contributed by atoms with Crippen molar-refractivity contribution in [3.63, 3.8) is 0 Å². The molecule has 1 aliphatic heterocycles. The number of aryl methyl sites for hydroxylation is 1. The Balaban J connectivity index is 1.90. The minimum absolute atomic E-state index is 0.000735. The lowest BCUT2D eigenvalue weighted by Gasteiger charge is -2.15. The van der Waals surface area contributed by atoms with Gasteiger partial charge >= 0.3 is 0 Å². The highest BCUT2D eigenvalue weighted by Crippen LogP contribution is 2.19. The van der Waals surface area contributed by atoms with Crippen molar-refractivity contribution >= 4 is 11.3 Å². The Kier molecular flexibility index (Phi) is 3.10. The van der Waals surface area contributed by atoms with E-state index in [-0.39, 0.29) is 6.10 Å². The van der Waals surface area contributed by atoms with Crippen LogP contribution in [-0.4, -0.2) is 34.1 Å². The first-order valence-electron chi connectivity index (χ1n) is 4.84. The van der Waals surface area contributed by atoms with Gasteiger partial charge in [-0.1, -0.05) is 0 Å². The second-order valence-electron chi connectivity index (χ2n) is 3.54. The summed E-state index contributed by atoms with van der Waals surface area (Å²) < 4.78 is 5.40. The van der Waals surface area contributed by atoms with E-state index in [2.05, 4.69) is 10.2 Å². The van der Waals surface area contributed by atoms with Crippen molar-refractivity contribution in [2.24, 2.45) is 0 Å². The number of nitrogens with zero attached hydrogens (tertiary/aromatic N) is 2. The van der Waals surface area contributed by atoms with E-state index >= 15 is 0 Å². The Labute approximate surface area is 86.9 Å². The third kappa shape index (κ3) is 2.29. The molecule has 1 fully saturated rings. The average Bonchev–Trinajstić information content (AvgIpc) is 2.75. The fourth-order valence-corrected chi connectivity index (χ4v) is 2.39. The van der Waals surface area contributed by atoms with E-state index < -0.39 is 6.10 Å². The number of ether oxygens (including phenoxy) is 1. The number of hydrogen-bond acceptors (Lipinski definition) is 5. The van der Waals surface area contributed by atoms with Gasteiger partial charge in [0.1, 0.15) is 10.0 Å². The van der Waals surface area contributed by atoms with Crippen molar-refractivity contribution in [1.82, 2.24) is 10.2 Å². The first-order valence-corrected chi connectivity index (χ1v) is 5.66. The highest BCUT2D eigenvalue weighted by atomic mass is 32.1. The maximum absolute atomic E-state index is 9.83. The lowest BCUT2D eigenvalue weighted by Crippen LogP contribution is -2.27. The monoisotopic (exact) mass is 214 g/mol. The molecule has 14 heavy (non-hydrogen) atoms. The van der Waals surface area contributed by atoms with Gasteiger partial charge in [0.15, 0.2) is 0 Å². The highest BCUT2D eigenvalue weighted by Gasteiger charge is 2.25. The second kappa shape index (κ2) is 4.33. The van der Waals surface area contributed by atoms with Crippen molar-refractivity contribution in [3.8, 4) is 0 Å². The van der Waals surface area contributed by atoms with Crippen LogP contribution in [0, 0.1) is 6.92 Å². The fraction of sp³-hybridized carbons (Fsp3) is 0.778. The van der Waals surface area contributed by atoms with Gasteiger partial charge in [0, 0.05) is 13.0 Å². The first-order chi connectivity index (χ1) is 6.75. The summed E-state index contributed by atoms with van der Waals surface area (Å²) in [5, 5.41) is 19.6. The van der Waals surface area contributed by atoms with Crippen molar-refractivity contribution in [3.05, 3.63) is 10.0 Å². The lowest BCUT2D eigenvalue weighted by atomic mass is 10.1. The molecule has 0 spiro atoms. The molecule has 1 aromatic rings. The van der Waals surface area contributed by atoms with Crippen molar-refractivity contribution < 1.29 is 9.84 Å². The van der Waals surface area contributed by atoms with E-state index in [1.54, 1.807) is 0 Å². The molecule has 2 unspecified atom stereocenters. The SMILES string of the molecule is Cc1nnc(CC(O)C2CCCO2)s1. The number of aliphatic hydroxyl groups excluding tert-OH is 1. The molecule has 0 bridgehead atoms. The predicted octanol–water partition coefficient (Wildman–Crippen LogP) is 0.929. The molecule has 78 valence electrons. The van der Waals surface area contributed by atoms with Gasteiger partial charge in [-0.05, 0) is 19.8 Å². The largest absolute Gasteiger partial charge is 0.390 e. The van der Waals surface area contributed by atoms with Crippen LogP contribution in [0.3, 0.4) is 0 Å². The molecule has 1 saturated heterocycles. The summed E-state index contributed by atoms with van der Waals surface area (Å²) in [5.41, 5.74) is 0. The molecule has 0 aromatic carbocycles. The van der Waals surface area contributed by atoms with E-state index in [0.29, 0.717) is 6.42 Å². The maximum atomic E-state index is 9.83. The van der Waals surface area contributed by atoms with Gasteiger partial charge in [0.2, 0.25) is 0 Å². The fourth-order valence-electron chi connectivity index (χ4n) is 1.64. The van der Waals surface area contributed by atoms with Crippen molar-refractivity contribution in [2.45, 2.75) is 38.4 Å². The minimum Gasteiger partial charge on any atom is -0.390 e. The summed E-state index contributed by atoms with van der Waals surface area (Å²) in [6.07, 6.45) is 2.15. The Hall–Kier alpha value is -0.520. The third-order valence-corrected chi connectivity index (χ3v) is 3.21. The van der Waals surface area contributed by atoms with Crippen LogP contribution in [0.25, 0.3) is 0 Å². The molecule has 2 atom stereocenters. The standard InChI is InChI=1S/C9H14N2O2S/c1-6-10-11-9(14-6)5-7(12)8-3-2-4-13-8/h7-8,12H,2-5H2,1H3. The number of aliphatic hydroxyl groups is 1. The van der Waals surface area contributed by atoms with Crippen LogP contribution in [0.2, 0.25) is 0 Å². The maximum Gasteiger partial charge on any atom is 0.120 e. The third-order valence-electron chi connectivity index (χ3n) is 2.35. The Bertz CT molecular complexity index is 297. The summed E-state index contributed by atoms with van der Waals surface area (Å²) in [6, 6.07) is 0. The summed E-state index contributed by atoms with van der Waals surface area (Å²) in [6.45, 7) is 2.69. The van der Waals surface area contributed by atoms with Crippen molar-refractivity contribution in [2.75, 3.05) is 6.61 Å². The molecule has 5 heteroatoms. The molecule has 2 rings (SSSR count). The quantitative estimate of drug-likeness (QED) is 0.813. The van der Waals surface area contributed by atoms with E-state index in [0.717, 1.165) is 29.5 Å². The van der Waals surface area contributed by atoms with Crippen LogP contribution in [-0.2, 0) is 11.2 Å². The summed E-state index contributed by atoms with van der Waals surface area (Å²) in [5.74, 6) is 0. The lowest BCUT2D eigenvalue weighted by molar-refractivity contribution is -0.000854. The molecule has 4 nitrogen and oxygen atoms in total. The van der Waals surface area contributed by atoms with Crippen LogP contribution >= 0.6 is 11.3 Å². The molecule has 1 N–H and O–H groups in total. The second-order valence-corrected chi connectivity index (χ2v) is 4.80. The van der Waals surface area contributed by atoms with Gasteiger partial charge in [-0.2, -0.15) is 0 Å². The number of aromatic nitrogens is 2. The van der Waals surface area contributed by atoms with E-state index in [4.69, 9.17) is 4.74 Å². The zero-order valence-electron chi connectivity index (χ0n) is 8.14. The zero-order chi connectivity index (χ0) is 9.97. The molecular weight excluding hydrogens is 200 g/mol. The van der Waals surface area contributed by atoms with Gasteiger partial charge < -0.3 is 9.84 Å². The van der Waals surface area contributed by atoms with Gasteiger partial charge in [0.25, 0.3) is 0 Å². The Morgan fingerprint density at radius 2 is 2.50 bits per heavy atom. The van der Waals surface area contributed by atoms with E-state index in [9.17, 15) is 5.11 Å². The van der Waals surface area contributed by atoms with Crippen LogP contribution < -0.4 is 0 Å². The van der Waals surface area contributed by atoms with Gasteiger partial charge in [-0.3, -0.25) is 0 Å². The normalized spacial score (nSPS) is 24.0. The Morgan fingerprint density at radius 3 is 3.07 bits per heavy atom. The molecule has 1 aliphatic rings. The smallest absolute Gasteiger partial charge is 0.120 e. The topological polar surface area (TPSA) is 55.2 Å². The van der Waals surface area contributed by atoms with Crippen LogP contribution in [0.15, 0.2) is 0 Å². The van der Waals surface area contributed by atoms with Crippen molar-refractivity contribution in [1.29, 1.82) is 0 Å². The number of hydrogen-bond donors (Lipinski definition) is 1. The molecule has 0 amide bonds. The molecule has 2 heterocycles. The van der Waals surface area contributed by atoms with E-state index in [1.165, 1.54) is 11.3 Å². The summed E-state index contributed by atoms with van der Waals surface area (Å²) >= 11 is 1.54. The molecule has 0 radical (unpaired) electrons. The zero-order valence-corrected chi connectivity index (χ0v) is 8.96. The van der Waals surface area contributed by atoms with Gasteiger partial charge in [0.05, 0.1) is 12.2 Å². The minimum atomic E-state index is -0.426. The Morgan fingerprint density at radius 1 is 1.64 bits per heavy atom. The van der Waals surface area contributed by atoms with Crippen LogP contribution in [0.5, 0.6) is 0 Å². The van der Waals surface area contributed by atoms with E-state index in [1.807, 2.05) is 6.92 Å².